The van der Waals surface area contributed by atoms with E-state index in [4.69, 9.17) is 5.11 Å². The van der Waals surface area contributed by atoms with Crippen LogP contribution in [0, 0.1) is 11.8 Å². The number of nitrogens with zero attached hydrogens (tertiary/aromatic N) is 1. The van der Waals surface area contributed by atoms with Crippen molar-refractivity contribution in [2.24, 2.45) is 11.8 Å². The molecule has 0 aromatic carbocycles. The fourth-order valence-corrected chi connectivity index (χ4v) is 2.88. The van der Waals surface area contributed by atoms with Gasteiger partial charge in [-0.25, -0.2) is 0 Å². The zero-order valence-corrected chi connectivity index (χ0v) is 14.7. The molecule has 2 unspecified atom stereocenters. The minimum atomic E-state index is -0.926. The van der Waals surface area contributed by atoms with E-state index in [-0.39, 0.29) is 30.1 Å². The molecule has 6 heteroatoms. The summed E-state index contributed by atoms with van der Waals surface area (Å²) in [6, 6.07) is 0. The molecule has 1 saturated heterocycles. The number of hydrogen-bond donors (Lipinski definition) is 2. The first-order chi connectivity index (χ1) is 10.7. The molecule has 1 heterocycles. The molecule has 0 aromatic heterocycles. The number of carboxylic acids is 1. The van der Waals surface area contributed by atoms with Gasteiger partial charge in [0.2, 0.25) is 11.8 Å². The summed E-state index contributed by atoms with van der Waals surface area (Å²) >= 11 is 0. The minimum Gasteiger partial charge on any atom is -0.481 e. The van der Waals surface area contributed by atoms with Gasteiger partial charge in [-0.3, -0.25) is 14.4 Å². The number of likely N-dealkylation sites (tertiary alicyclic amines) is 1. The molecule has 0 aromatic rings. The Labute approximate surface area is 138 Å². The average molecular weight is 326 g/mol. The highest BCUT2D eigenvalue weighted by atomic mass is 16.4. The van der Waals surface area contributed by atoms with Crippen molar-refractivity contribution in [1.29, 1.82) is 0 Å². The molecule has 0 saturated carbocycles. The van der Waals surface area contributed by atoms with Crippen molar-refractivity contribution in [1.82, 2.24) is 10.2 Å². The molecule has 1 fully saturated rings. The van der Waals surface area contributed by atoms with Gasteiger partial charge in [-0.15, -0.1) is 0 Å². The zero-order chi connectivity index (χ0) is 17.6. The molecule has 2 atom stereocenters. The summed E-state index contributed by atoms with van der Waals surface area (Å²) in [5.74, 6) is -1.22. The molecular formula is C17H30N2O4. The highest BCUT2D eigenvalue weighted by Gasteiger charge is 2.36. The van der Waals surface area contributed by atoms with Crippen LogP contribution in [-0.2, 0) is 14.4 Å². The van der Waals surface area contributed by atoms with Gasteiger partial charge >= 0.3 is 5.97 Å². The van der Waals surface area contributed by atoms with Crippen molar-refractivity contribution < 1.29 is 19.5 Å². The first kappa shape index (κ1) is 19.5. The Morgan fingerprint density at radius 1 is 1.35 bits per heavy atom. The quantitative estimate of drug-likeness (QED) is 0.749. The van der Waals surface area contributed by atoms with E-state index >= 15 is 0 Å². The van der Waals surface area contributed by atoms with Crippen molar-refractivity contribution in [3.63, 3.8) is 0 Å². The highest BCUT2D eigenvalue weighted by Crippen LogP contribution is 2.24. The molecule has 0 radical (unpaired) electrons. The van der Waals surface area contributed by atoms with E-state index in [0.29, 0.717) is 19.5 Å². The Hall–Kier alpha value is -1.59. The molecule has 132 valence electrons. The molecule has 1 aliphatic heterocycles. The van der Waals surface area contributed by atoms with E-state index in [0.717, 1.165) is 19.3 Å². The number of amides is 2. The van der Waals surface area contributed by atoms with Crippen LogP contribution < -0.4 is 5.32 Å². The topological polar surface area (TPSA) is 86.7 Å². The van der Waals surface area contributed by atoms with Crippen molar-refractivity contribution in [2.75, 3.05) is 13.1 Å². The van der Waals surface area contributed by atoms with Crippen molar-refractivity contribution in [3.8, 4) is 0 Å². The van der Waals surface area contributed by atoms with E-state index in [1.165, 1.54) is 0 Å². The Bertz CT molecular complexity index is 450. The van der Waals surface area contributed by atoms with Crippen molar-refractivity contribution >= 4 is 17.8 Å². The minimum absolute atomic E-state index is 0.00367. The monoisotopic (exact) mass is 326 g/mol. The van der Waals surface area contributed by atoms with Gasteiger partial charge in [0.15, 0.2) is 0 Å². The third-order valence-corrected chi connectivity index (χ3v) is 4.81. The number of carbonyl (C=O) groups excluding carboxylic acids is 2. The Kier molecular flexibility index (Phi) is 7.03. The Morgan fingerprint density at radius 3 is 2.52 bits per heavy atom. The zero-order valence-electron chi connectivity index (χ0n) is 14.7. The first-order valence-corrected chi connectivity index (χ1v) is 8.51. The summed E-state index contributed by atoms with van der Waals surface area (Å²) in [6.45, 7) is 8.69. The maximum atomic E-state index is 12.6. The largest absolute Gasteiger partial charge is 0.481 e. The second kappa shape index (κ2) is 8.31. The van der Waals surface area contributed by atoms with Gasteiger partial charge in [0.1, 0.15) is 0 Å². The van der Waals surface area contributed by atoms with Crippen LogP contribution in [0.4, 0.5) is 0 Å². The number of carbonyl (C=O) groups is 3. The smallest absolute Gasteiger partial charge is 0.305 e. The standard InChI is InChI=1S/C17H30N2O4/c1-5-7-14(20)19-9-6-8-13(11-19)16(23)18-17(4,12(2)3)10-15(21)22/h12-13H,5-11H2,1-4H3,(H,18,23)(H,21,22). The predicted octanol–water partition coefficient (Wildman–Crippen LogP) is 2.03. The van der Waals surface area contributed by atoms with E-state index < -0.39 is 11.5 Å². The number of rotatable bonds is 7. The number of aliphatic carboxylic acids is 1. The molecule has 1 rings (SSSR count). The van der Waals surface area contributed by atoms with Crippen LogP contribution in [0.1, 0.15) is 59.8 Å². The van der Waals surface area contributed by atoms with Crippen LogP contribution in [0.5, 0.6) is 0 Å². The molecule has 0 aliphatic carbocycles. The summed E-state index contributed by atoms with van der Waals surface area (Å²) < 4.78 is 0. The van der Waals surface area contributed by atoms with Crippen molar-refractivity contribution in [2.45, 2.75) is 65.3 Å². The molecule has 2 amide bonds. The van der Waals surface area contributed by atoms with Gasteiger partial charge in [-0.1, -0.05) is 20.8 Å². The number of hydrogen-bond acceptors (Lipinski definition) is 3. The molecule has 0 spiro atoms. The summed E-state index contributed by atoms with van der Waals surface area (Å²) in [4.78, 5) is 37.5. The van der Waals surface area contributed by atoms with Gasteiger partial charge in [0.05, 0.1) is 12.3 Å². The van der Waals surface area contributed by atoms with Crippen LogP contribution in [-0.4, -0.2) is 46.4 Å². The van der Waals surface area contributed by atoms with Gasteiger partial charge < -0.3 is 15.3 Å². The van der Waals surface area contributed by atoms with Gasteiger partial charge in [0, 0.05) is 25.0 Å². The van der Waals surface area contributed by atoms with Crippen LogP contribution in [0.2, 0.25) is 0 Å². The second-order valence-electron chi connectivity index (χ2n) is 7.06. The highest BCUT2D eigenvalue weighted by molar-refractivity contribution is 5.82. The number of nitrogens with one attached hydrogen (secondary N) is 1. The van der Waals surface area contributed by atoms with Gasteiger partial charge in [-0.2, -0.15) is 0 Å². The predicted molar refractivity (Wildman–Crippen MR) is 87.9 cm³/mol. The average Bonchev–Trinajstić information content (AvgIpc) is 2.46. The van der Waals surface area contributed by atoms with E-state index in [9.17, 15) is 14.4 Å². The Morgan fingerprint density at radius 2 is 2.00 bits per heavy atom. The van der Waals surface area contributed by atoms with E-state index in [1.54, 1.807) is 11.8 Å². The van der Waals surface area contributed by atoms with Crippen molar-refractivity contribution in [3.05, 3.63) is 0 Å². The summed E-state index contributed by atoms with van der Waals surface area (Å²) in [7, 11) is 0. The summed E-state index contributed by atoms with van der Waals surface area (Å²) in [6.07, 6.45) is 2.75. The first-order valence-electron chi connectivity index (χ1n) is 8.51. The number of piperidine rings is 1. The molecule has 0 bridgehead atoms. The molecular weight excluding hydrogens is 296 g/mol. The lowest BCUT2D eigenvalue weighted by Gasteiger charge is -2.37. The van der Waals surface area contributed by atoms with E-state index in [1.807, 2.05) is 20.8 Å². The van der Waals surface area contributed by atoms with Gasteiger partial charge in [-0.05, 0) is 32.1 Å². The molecule has 1 aliphatic rings. The molecule has 2 N–H and O–H groups in total. The summed E-state index contributed by atoms with van der Waals surface area (Å²) in [5.41, 5.74) is -0.779. The lowest BCUT2D eigenvalue weighted by Crippen LogP contribution is -2.55. The summed E-state index contributed by atoms with van der Waals surface area (Å²) in [5, 5.41) is 12.0. The molecule has 23 heavy (non-hydrogen) atoms. The maximum absolute atomic E-state index is 12.6. The fourth-order valence-electron chi connectivity index (χ4n) is 2.88. The maximum Gasteiger partial charge on any atom is 0.305 e. The van der Waals surface area contributed by atoms with Crippen LogP contribution in [0.25, 0.3) is 0 Å². The van der Waals surface area contributed by atoms with E-state index in [2.05, 4.69) is 5.32 Å². The SMILES string of the molecule is CCCC(=O)N1CCCC(C(=O)NC(C)(CC(=O)O)C(C)C)C1. The fraction of sp³-hybridized carbons (Fsp3) is 0.824. The van der Waals surface area contributed by atoms with Crippen LogP contribution >= 0.6 is 0 Å². The third-order valence-electron chi connectivity index (χ3n) is 4.81. The third kappa shape index (κ3) is 5.52. The lowest BCUT2D eigenvalue weighted by atomic mass is 9.84. The van der Waals surface area contributed by atoms with Crippen LogP contribution in [0.3, 0.4) is 0 Å². The normalized spacial score (nSPS) is 20.9. The Balaban J connectivity index is 2.72. The molecule has 6 nitrogen and oxygen atoms in total. The van der Waals surface area contributed by atoms with Crippen LogP contribution in [0.15, 0.2) is 0 Å². The lowest BCUT2D eigenvalue weighted by molar-refractivity contribution is -0.140. The number of carboxylic acid groups (broad SMARTS) is 1. The second-order valence-corrected chi connectivity index (χ2v) is 7.06. The van der Waals surface area contributed by atoms with Gasteiger partial charge in [0.25, 0.3) is 0 Å².